The fourth-order valence-electron chi connectivity index (χ4n) is 4.28. The second-order valence-electron chi connectivity index (χ2n) is 8.82. The zero-order chi connectivity index (χ0) is 26.4. The van der Waals surface area contributed by atoms with Crippen LogP contribution in [0.3, 0.4) is 0 Å². The van der Waals surface area contributed by atoms with E-state index in [9.17, 15) is 19.5 Å². The lowest BCUT2D eigenvalue weighted by Crippen LogP contribution is -2.38. The van der Waals surface area contributed by atoms with Crippen molar-refractivity contribution < 1.29 is 29.0 Å². The molecule has 8 nitrogen and oxygen atoms in total. The van der Waals surface area contributed by atoms with Gasteiger partial charge in [-0.2, -0.15) is 0 Å². The minimum atomic E-state index is -0.793. The van der Waals surface area contributed by atoms with Gasteiger partial charge in [0.25, 0.3) is 11.7 Å². The number of benzene rings is 2. The summed E-state index contributed by atoms with van der Waals surface area (Å²) in [4.78, 5) is 41.9. The number of hydrogen-bond donors (Lipinski definition) is 1. The second-order valence-corrected chi connectivity index (χ2v) is 8.82. The summed E-state index contributed by atoms with van der Waals surface area (Å²) in [6.07, 6.45) is -0.00598. The van der Waals surface area contributed by atoms with Crippen LogP contribution in [0.15, 0.2) is 54.1 Å². The van der Waals surface area contributed by atoms with Crippen molar-refractivity contribution in [2.45, 2.75) is 39.8 Å². The number of aliphatic hydroxyl groups is 1. The van der Waals surface area contributed by atoms with Gasteiger partial charge in [0.2, 0.25) is 0 Å². The first kappa shape index (κ1) is 26.9. The number of hydrogen-bond acceptors (Lipinski definition) is 7. The average Bonchev–Trinajstić information content (AvgIpc) is 3.13. The number of esters is 1. The van der Waals surface area contributed by atoms with Crippen LogP contribution in [-0.2, 0) is 14.3 Å². The Bertz CT molecular complexity index is 1120. The van der Waals surface area contributed by atoms with Crippen molar-refractivity contribution in [1.29, 1.82) is 0 Å². The van der Waals surface area contributed by atoms with Gasteiger partial charge in [-0.3, -0.25) is 9.59 Å². The zero-order valence-corrected chi connectivity index (χ0v) is 21.5. The lowest BCUT2D eigenvalue weighted by Gasteiger charge is -2.28. The third kappa shape index (κ3) is 5.76. The van der Waals surface area contributed by atoms with Crippen LogP contribution in [0.25, 0.3) is 5.76 Å². The molecule has 1 unspecified atom stereocenters. The lowest BCUT2D eigenvalue weighted by molar-refractivity contribution is -0.140. The third-order valence-electron chi connectivity index (χ3n) is 6.24. The summed E-state index contributed by atoms with van der Waals surface area (Å²) in [5.41, 5.74) is 1.39. The molecule has 0 radical (unpaired) electrons. The van der Waals surface area contributed by atoms with Gasteiger partial charge in [0, 0.05) is 18.7 Å². The molecule has 0 aliphatic carbocycles. The van der Waals surface area contributed by atoms with Crippen molar-refractivity contribution in [2.75, 3.05) is 33.3 Å². The van der Waals surface area contributed by atoms with E-state index in [2.05, 4.69) is 4.90 Å². The highest BCUT2D eigenvalue weighted by molar-refractivity contribution is 6.46. The Labute approximate surface area is 212 Å². The van der Waals surface area contributed by atoms with E-state index in [1.165, 1.54) is 12.0 Å². The SMILES string of the molecule is CCN(CC)CCN1C(=O)C(=O)C(=C(O)c2ccc(OC(C)C)cc2)C1c1ccc(C(=O)OC)cc1. The molecule has 0 saturated carbocycles. The smallest absolute Gasteiger partial charge is 0.337 e. The fraction of sp³-hybridized carbons (Fsp3) is 0.393. The summed E-state index contributed by atoms with van der Waals surface area (Å²) in [6.45, 7) is 10.4. The van der Waals surface area contributed by atoms with Gasteiger partial charge >= 0.3 is 5.97 Å². The first-order chi connectivity index (χ1) is 17.2. The molecule has 0 spiro atoms. The first-order valence-electron chi connectivity index (χ1n) is 12.2. The van der Waals surface area contributed by atoms with E-state index in [1.54, 1.807) is 48.5 Å². The number of likely N-dealkylation sites (N-methyl/N-ethyl adjacent to an activating group) is 1. The molecule has 0 bridgehead atoms. The molecule has 1 saturated heterocycles. The van der Waals surface area contributed by atoms with E-state index in [1.807, 2.05) is 27.7 Å². The van der Waals surface area contributed by atoms with Crippen LogP contribution in [0, 0.1) is 0 Å². The quantitative estimate of drug-likeness (QED) is 0.231. The number of methoxy groups -OCH3 is 1. The Hall–Kier alpha value is -3.65. The molecule has 1 aliphatic rings. The minimum absolute atomic E-state index is 0.00598. The van der Waals surface area contributed by atoms with Crippen LogP contribution >= 0.6 is 0 Å². The van der Waals surface area contributed by atoms with E-state index < -0.39 is 23.7 Å². The molecule has 2 aromatic carbocycles. The molecule has 1 heterocycles. The predicted octanol–water partition coefficient (Wildman–Crippen LogP) is 4.02. The molecule has 1 atom stereocenters. The van der Waals surface area contributed by atoms with Crippen LogP contribution in [0.2, 0.25) is 0 Å². The van der Waals surface area contributed by atoms with Gasteiger partial charge in [-0.05, 0) is 68.9 Å². The molecule has 1 fully saturated rings. The van der Waals surface area contributed by atoms with E-state index in [0.29, 0.717) is 35.5 Å². The third-order valence-corrected chi connectivity index (χ3v) is 6.24. The molecule has 192 valence electrons. The number of nitrogens with zero attached hydrogens (tertiary/aromatic N) is 2. The molecule has 0 aromatic heterocycles. The van der Waals surface area contributed by atoms with Crippen LogP contribution in [0.1, 0.15) is 55.2 Å². The van der Waals surface area contributed by atoms with Crippen molar-refractivity contribution in [3.8, 4) is 5.75 Å². The first-order valence-corrected chi connectivity index (χ1v) is 12.2. The fourth-order valence-corrected chi connectivity index (χ4v) is 4.28. The van der Waals surface area contributed by atoms with Gasteiger partial charge in [0.1, 0.15) is 11.5 Å². The van der Waals surface area contributed by atoms with Crippen LogP contribution in [0.4, 0.5) is 0 Å². The van der Waals surface area contributed by atoms with Crippen molar-refractivity contribution in [3.05, 3.63) is 70.8 Å². The average molecular weight is 495 g/mol. The largest absolute Gasteiger partial charge is 0.507 e. The summed E-state index contributed by atoms with van der Waals surface area (Å²) in [7, 11) is 1.30. The van der Waals surface area contributed by atoms with Gasteiger partial charge < -0.3 is 24.4 Å². The summed E-state index contributed by atoms with van der Waals surface area (Å²) >= 11 is 0. The summed E-state index contributed by atoms with van der Waals surface area (Å²) in [5.74, 6) is -1.50. The van der Waals surface area contributed by atoms with Crippen LogP contribution < -0.4 is 4.74 Å². The highest BCUT2D eigenvalue weighted by Crippen LogP contribution is 2.39. The van der Waals surface area contributed by atoms with Crippen molar-refractivity contribution in [3.63, 3.8) is 0 Å². The maximum absolute atomic E-state index is 13.2. The van der Waals surface area contributed by atoms with E-state index in [4.69, 9.17) is 9.47 Å². The van der Waals surface area contributed by atoms with E-state index in [-0.39, 0.29) is 17.4 Å². The standard InChI is InChI=1S/C28H34N2O6/c1-6-29(7-2)16-17-30-24(19-8-10-21(11-9-19)28(34)35-5)23(26(32)27(30)33)25(31)20-12-14-22(15-13-20)36-18(3)4/h8-15,18,24,31H,6-7,16-17H2,1-5H3. The summed E-state index contributed by atoms with van der Waals surface area (Å²) in [6, 6.07) is 12.5. The van der Waals surface area contributed by atoms with Gasteiger partial charge in [-0.1, -0.05) is 26.0 Å². The number of carbonyl (C=O) groups is 3. The minimum Gasteiger partial charge on any atom is -0.507 e. The molecule has 36 heavy (non-hydrogen) atoms. The number of likely N-dealkylation sites (tertiary alicyclic amines) is 1. The maximum atomic E-state index is 13.2. The van der Waals surface area contributed by atoms with Crippen molar-refractivity contribution >= 4 is 23.4 Å². The Balaban J connectivity index is 2.06. The lowest BCUT2D eigenvalue weighted by atomic mass is 9.94. The molecule has 2 aromatic rings. The Kier molecular flexibility index (Phi) is 8.88. The topological polar surface area (TPSA) is 96.4 Å². The molecular formula is C28H34N2O6. The maximum Gasteiger partial charge on any atom is 0.337 e. The Morgan fingerprint density at radius 2 is 1.58 bits per heavy atom. The van der Waals surface area contributed by atoms with Gasteiger partial charge in [0.05, 0.1) is 30.4 Å². The van der Waals surface area contributed by atoms with E-state index in [0.717, 1.165) is 13.1 Å². The highest BCUT2D eigenvalue weighted by Gasteiger charge is 2.46. The molecule has 3 rings (SSSR count). The number of ketones is 1. The van der Waals surface area contributed by atoms with Crippen LogP contribution in [-0.4, -0.2) is 72.0 Å². The number of rotatable bonds is 10. The van der Waals surface area contributed by atoms with Gasteiger partial charge in [0.15, 0.2) is 0 Å². The number of aliphatic hydroxyl groups excluding tert-OH is 1. The molecule has 8 heteroatoms. The van der Waals surface area contributed by atoms with Crippen molar-refractivity contribution in [2.24, 2.45) is 0 Å². The van der Waals surface area contributed by atoms with Crippen LogP contribution in [0.5, 0.6) is 5.75 Å². The molecular weight excluding hydrogens is 460 g/mol. The molecule has 1 N–H and O–H groups in total. The summed E-state index contributed by atoms with van der Waals surface area (Å²) in [5, 5.41) is 11.2. The molecule has 1 aliphatic heterocycles. The molecule has 1 amide bonds. The van der Waals surface area contributed by atoms with Gasteiger partial charge in [-0.25, -0.2) is 4.79 Å². The Morgan fingerprint density at radius 3 is 2.11 bits per heavy atom. The number of amides is 1. The second kappa shape index (κ2) is 11.9. The highest BCUT2D eigenvalue weighted by atomic mass is 16.5. The number of carbonyl (C=O) groups excluding carboxylic acids is 3. The van der Waals surface area contributed by atoms with Gasteiger partial charge in [-0.15, -0.1) is 0 Å². The predicted molar refractivity (Wildman–Crippen MR) is 137 cm³/mol. The van der Waals surface area contributed by atoms with Crippen molar-refractivity contribution in [1.82, 2.24) is 9.80 Å². The van der Waals surface area contributed by atoms with E-state index >= 15 is 0 Å². The normalized spacial score (nSPS) is 17.2. The number of ether oxygens (including phenoxy) is 2. The Morgan fingerprint density at radius 1 is 1.00 bits per heavy atom. The monoisotopic (exact) mass is 494 g/mol. The zero-order valence-electron chi connectivity index (χ0n) is 21.5. The number of Topliss-reactive ketones (excluding diaryl/α,β-unsaturated/α-hetero) is 1. The summed E-state index contributed by atoms with van der Waals surface area (Å²) < 4.78 is 10.4.